The van der Waals surface area contributed by atoms with Crippen molar-refractivity contribution in [3.63, 3.8) is 0 Å². The van der Waals surface area contributed by atoms with Gasteiger partial charge in [-0.1, -0.05) is 58.3 Å². The zero-order valence-corrected chi connectivity index (χ0v) is 28.3. The smallest absolute Gasteiger partial charge is 0.407 e. The van der Waals surface area contributed by atoms with Crippen LogP contribution in [0.2, 0.25) is 0 Å². The van der Waals surface area contributed by atoms with Crippen LogP contribution in [0.4, 0.5) is 4.79 Å². The Balaban J connectivity index is 2.92. The number of carbonyl (C=O) groups excluding carboxylic acids is 2. The highest BCUT2D eigenvalue weighted by Crippen LogP contribution is 2.50. The predicted molar refractivity (Wildman–Crippen MR) is 174 cm³/mol. The van der Waals surface area contributed by atoms with Gasteiger partial charge in [0.2, 0.25) is 17.4 Å². The standard InChI is InChI=1S/C34H58N2O7/c1-10-11-12-13-14-15-18-21-26(24-27-25(2)28(39-6)30(41-8)31(42-9)29(27)40-7)32(37)35-22-19-16-17-20-23-36-33(38)43-34(3,4)5/h24H,10-23H2,1-9H3,(H,35,37)(H,36,38)/b26-24+. The number of ether oxygens (including phenoxy) is 5. The van der Waals surface area contributed by atoms with Gasteiger partial charge in [0, 0.05) is 29.8 Å². The molecule has 1 aromatic rings. The van der Waals surface area contributed by atoms with Gasteiger partial charge in [-0.15, -0.1) is 0 Å². The molecule has 0 radical (unpaired) electrons. The molecule has 0 aliphatic carbocycles. The van der Waals surface area contributed by atoms with Crippen LogP contribution in [0.25, 0.3) is 6.08 Å². The Morgan fingerprint density at radius 1 is 0.674 bits per heavy atom. The van der Waals surface area contributed by atoms with Crippen LogP contribution in [0.1, 0.15) is 116 Å². The number of unbranched alkanes of at least 4 members (excludes halogenated alkanes) is 9. The van der Waals surface area contributed by atoms with Crippen molar-refractivity contribution in [2.75, 3.05) is 41.5 Å². The van der Waals surface area contributed by atoms with Gasteiger partial charge in [0.05, 0.1) is 28.4 Å². The average molecular weight is 607 g/mol. The van der Waals surface area contributed by atoms with Crippen molar-refractivity contribution in [3.05, 3.63) is 16.7 Å². The molecule has 1 aromatic carbocycles. The van der Waals surface area contributed by atoms with Crippen LogP contribution in [0.15, 0.2) is 5.57 Å². The number of hydrogen-bond acceptors (Lipinski definition) is 7. The summed E-state index contributed by atoms with van der Waals surface area (Å²) in [5.41, 5.74) is 1.75. The molecule has 0 fully saturated rings. The Labute approximate surface area is 260 Å². The molecule has 9 heteroatoms. The number of carbonyl (C=O) groups is 2. The van der Waals surface area contributed by atoms with E-state index in [1.54, 1.807) is 28.4 Å². The second kappa shape index (κ2) is 20.7. The monoisotopic (exact) mass is 606 g/mol. The fourth-order valence-electron chi connectivity index (χ4n) is 4.91. The van der Waals surface area contributed by atoms with Crippen molar-refractivity contribution in [3.8, 4) is 23.0 Å². The van der Waals surface area contributed by atoms with E-state index in [4.69, 9.17) is 23.7 Å². The molecule has 0 heterocycles. The number of benzene rings is 1. The lowest BCUT2D eigenvalue weighted by Gasteiger charge is -2.21. The number of alkyl carbamates (subject to hydrolysis) is 1. The Kier molecular flexibility index (Phi) is 18.3. The second-order valence-corrected chi connectivity index (χ2v) is 11.8. The maximum Gasteiger partial charge on any atom is 0.407 e. The predicted octanol–water partition coefficient (Wildman–Crippen LogP) is 7.75. The number of rotatable bonds is 21. The van der Waals surface area contributed by atoms with Crippen molar-refractivity contribution >= 4 is 18.1 Å². The first-order valence-electron chi connectivity index (χ1n) is 15.9. The van der Waals surface area contributed by atoms with E-state index in [9.17, 15) is 9.59 Å². The lowest BCUT2D eigenvalue weighted by Crippen LogP contribution is -2.33. The van der Waals surface area contributed by atoms with Crippen LogP contribution in [-0.4, -0.2) is 59.1 Å². The normalized spacial score (nSPS) is 11.6. The Hall–Kier alpha value is -3.10. The minimum absolute atomic E-state index is 0.0761. The van der Waals surface area contributed by atoms with Gasteiger partial charge in [-0.05, 0) is 59.5 Å². The first-order valence-corrected chi connectivity index (χ1v) is 15.9. The summed E-state index contributed by atoms with van der Waals surface area (Å²) < 4.78 is 27.9. The molecular formula is C34H58N2O7. The first kappa shape index (κ1) is 37.9. The first-order chi connectivity index (χ1) is 20.5. The molecule has 0 atom stereocenters. The number of methoxy groups -OCH3 is 4. The molecule has 1 rings (SSSR count). The SMILES string of the molecule is CCCCCCCCC/C(=C\c1c(C)c(OC)c(OC)c(OC)c1OC)C(=O)NCCCCCCNC(=O)OC(C)(C)C. The van der Waals surface area contributed by atoms with Gasteiger partial charge >= 0.3 is 6.09 Å². The third-order valence-corrected chi connectivity index (χ3v) is 7.14. The minimum Gasteiger partial charge on any atom is -0.492 e. The molecule has 0 bridgehead atoms. The fourth-order valence-corrected chi connectivity index (χ4v) is 4.91. The zero-order valence-electron chi connectivity index (χ0n) is 28.3. The third kappa shape index (κ3) is 13.8. The van der Waals surface area contributed by atoms with E-state index in [-0.39, 0.29) is 12.0 Å². The van der Waals surface area contributed by atoms with E-state index in [1.165, 1.54) is 32.1 Å². The van der Waals surface area contributed by atoms with Crippen molar-refractivity contribution in [1.82, 2.24) is 10.6 Å². The summed E-state index contributed by atoms with van der Waals surface area (Å²) in [4.78, 5) is 25.2. The highest BCUT2D eigenvalue weighted by Gasteiger charge is 2.25. The third-order valence-electron chi connectivity index (χ3n) is 7.14. The van der Waals surface area contributed by atoms with Crippen LogP contribution in [0.5, 0.6) is 23.0 Å². The van der Waals surface area contributed by atoms with Crippen LogP contribution in [0.3, 0.4) is 0 Å². The van der Waals surface area contributed by atoms with Crippen LogP contribution in [-0.2, 0) is 9.53 Å². The molecule has 2 amide bonds. The van der Waals surface area contributed by atoms with Gasteiger partial charge in [-0.25, -0.2) is 4.79 Å². The molecule has 0 aliphatic heterocycles. The van der Waals surface area contributed by atoms with Crippen LogP contribution in [0, 0.1) is 6.92 Å². The lowest BCUT2D eigenvalue weighted by atomic mass is 9.98. The molecule has 9 nitrogen and oxygen atoms in total. The van der Waals surface area contributed by atoms with Gasteiger partial charge < -0.3 is 34.3 Å². The Bertz CT molecular complexity index is 1020. The summed E-state index contributed by atoms with van der Waals surface area (Å²) in [6.45, 7) is 10.8. The maximum absolute atomic E-state index is 13.5. The molecule has 43 heavy (non-hydrogen) atoms. The summed E-state index contributed by atoms with van der Waals surface area (Å²) in [5.74, 6) is 1.85. The number of amides is 2. The second-order valence-electron chi connectivity index (χ2n) is 11.8. The van der Waals surface area contributed by atoms with Crippen molar-refractivity contribution in [2.24, 2.45) is 0 Å². The highest BCUT2D eigenvalue weighted by atomic mass is 16.6. The molecule has 246 valence electrons. The summed E-state index contributed by atoms with van der Waals surface area (Å²) in [6.07, 6.45) is 14.0. The summed E-state index contributed by atoms with van der Waals surface area (Å²) in [7, 11) is 6.29. The zero-order chi connectivity index (χ0) is 32.3. The summed E-state index contributed by atoms with van der Waals surface area (Å²) in [6, 6.07) is 0. The Morgan fingerprint density at radius 3 is 1.70 bits per heavy atom. The fraction of sp³-hybridized carbons (Fsp3) is 0.706. The number of nitrogens with one attached hydrogen (secondary N) is 2. The van der Waals surface area contributed by atoms with E-state index in [0.717, 1.165) is 49.7 Å². The minimum atomic E-state index is -0.500. The quantitative estimate of drug-likeness (QED) is 0.109. The largest absolute Gasteiger partial charge is 0.492 e. The molecule has 0 aromatic heterocycles. The van der Waals surface area contributed by atoms with Crippen LogP contribution < -0.4 is 29.6 Å². The highest BCUT2D eigenvalue weighted by molar-refractivity contribution is 5.98. The van der Waals surface area contributed by atoms with E-state index in [2.05, 4.69) is 17.6 Å². The molecule has 0 saturated carbocycles. The van der Waals surface area contributed by atoms with Crippen molar-refractivity contribution < 1.29 is 33.3 Å². The molecule has 0 spiro atoms. The molecule has 0 saturated heterocycles. The van der Waals surface area contributed by atoms with Gasteiger partial charge in [0.15, 0.2) is 11.5 Å². The summed E-state index contributed by atoms with van der Waals surface area (Å²) >= 11 is 0. The van der Waals surface area contributed by atoms with Crippen LogP contribution >= 0.6 is 0 Å². The topological polar surface area (TPSA) is 104 Å². The maximum atomic E-state index is 13.5. The molecule has 0 unspecified atom stereocenters. The number of hydrogen-bond donors (Lipinski definition) is 2. The van der Waals surface area contributed by atoms with Gasteiger partial charge in [0.25, 0.3) is 0 Å². The molecular weight excluding hydrogens is 548 g/mol. The average Bonchev–Trinajstić information content (AvgIpc) is 2.96. The van der Waals surface area contributed by atoms with Crippen molar-refractivity contribution in [1.29, 1.82) is 0 Å². The van der Waals surface area contributed by atoms with Gasteiger partial charge in [0.1, 0.15) is 5.60 Å². The van der Waals surface area contributed by atoms with Gasteiger partial charge in [-0.3, -0.25) is 4.79 Å². The van der Waals surface area contributed by atoms with Crippen molar-refractivity contribution in [2.45, 2.75) is 117 Å². The lowest BCUT2D eigenvalue weighted by molar-refractivity contribution is -0.117. The summed E-state index contributed by atoms with van der Waals surface area (Å²) in [5, 5.41) is 5.91. The Morgan fingerprint density at radius 2 is 1.16 bits per heavy atom. The molecule has 0 aliphatic rings. The molecule has 2 N–H and O–H groups in total. The van der Waals surface area contributed by atoms with E-state index in [1.807, 2.05) is 33.8 Å². The van der Waals surface area contributed by atoms with E-state index < -0.39 is 5.60 Å². The van der Waals surface area contributed by atoms with E-state index in [0.29, 0.717) is 48.1 Å². The van der Waals surface area contributed by atoms with Gasteiger partial charge in [-0.2, -0.15) is 0 Å². The van der Waals surface area contributed by atoms with E-state index >= 15 is 0 Å².